The van der Waals surface area contributed by atoms with E-state index in [9.17, 15) is 13.5 Å². The van der Waals surface area contributed by atoms with Crippen molar-refractivity contribution in [2.24, 2.45) is 13.0 Å². The van der Waals surface area contributed by atoms with Gasteiger partial charge in [-0.2, -0.15) is 4.31 Å². The summed E-state index contributed by atoms with van der Waals surface area (Å²) in [5, 5.41) is 10.8. The predicted octanol–water partition coefficient (Wildman–Crippen LogP) is 1.04. The van der Waals surface area contributed by atoms with Gasteiger partial charge >= 0.3 is 0 Å². The lowest BCUT2D eigenvalue weighted by atomic mass is 9.72. The first-order valence-corrected chi connectivity index (χ1v) is 8.99. The summed E-state index contributed by atoms with van der Waals surface area (Å²) in [4.78, 5) is 4.15. The number of nitrogens with zero attached hydrogens (tertiary/aromatic N) is 3. The number of hydrogen-bond donors (Lipinski definition) is 1. The number of aryl methyl sites for hydroxylation is 2. The quantitative estimate of drug-likeness (QED) is 0.885. The highest BCUT2D eigenvalue weighted by atomic mass is 32.2. The van der Waals surface area contributed by atoms with Crippen molar-refractivity contribution in [2.45, 2.75) is 49.7 Å². The van der Waals surface area contributed by atoms with Gasteiger partial charge in [-0.05, 0) is 26.2 Å². The van der Waals surface area contributed by atoms with Gasteiger partial charge in [0.1, 0.15) is 5.82 Å². The number of fused-ring (bicyclic) bond motifs is 1. The van der Waals surface area contributed by atoms with Crippen molar-refractivity contribution in [3.05, 3.63) is 12.0 Å². The van der Waals surface area contributed by atoms with Crippen LogP contribution in [0.5, 0.6) is 0 Å². The fourth-order valence-corrected chi connectivity index (χ4v) is 5.05. The van der Waals surface area contributed by atoms with E-state index in [-0.39, 0.29) is 10.9 Å². The molecule has 6 nitrogen and oxygen atoms in total. The van der Waals surface area contributed by atoms with Crippen LogP contribution in [-0.2, 0) is 17.1 Å². The van der Waals surface area contributed by atoms with Crippen LogP contribution in [0, 0.1) is 12.8 Å². The molecule has 0 spiro atoms. The summed E-state index contributed by atoms with van der Waals surface area (Å²) in [7, 11) is -1.76. The van der Waals surface area contributed by atoms with Crippen molar-refractivity contribution in [3.63, 3.8) is 0 Å². The van der Waals surface area contributed by atoms with Crippen molar-refractivity contribution < 1.29 is 13.5 Å². The molecule has 1 saturated heterocycles. The smallest absolute Gasteiger partial charge is 0.262 e. The second-order valence-electron chi connectivity index (χ2n) is 6.40. The maximum absolute atomic E-state index is 12.7. The summed E-state index contributed by atoms with van der Waals surface area (Å²) in [5.74, 6) is 0.736. The Kier molecular flexibility index (Phi) is 3.62. The molecule has 1 aliphatic carbocycles. The van der Waals surface area contributed by atoms with Crippen LogP contribution in [0.4, 0.5) is 0 Å². The lowest BCUT2D eigenvalue weighted by Crippen LogP contribution is -2.54. The van der Waals surface area contributed by atoms with Crippen LogP contribution >= 0.6 is 0 Å². The molecule has 0 bridgehead atoms. The number of aliphatic hydroxyl groups is 1. The molecule has 1 aliphatic heterocycles. The van der Waals surface area contributed by atoms with Gasteiger partial charge in [0.25, 0.3) is 10.0 Å². The summed E-state index contributed by atoms with van der Waals surface area (Å²) < 4.78 is 28.6. The molecule has 7 heteroatoms. The molecule has 2 fully saturated rings. The van der Waals surface area contributed by atoms with Crippen molar-refractivity contribution in [1.29, 1.82) is 0 Å². The zero-order valence-electron chi connectivity index (χ0n) is 12.6. The molecule has 2 aliphatic rings. The second-order valence-corrected chi connectivity index (χ2v) is 8.28. The maximum Gasteiger partial charge on any atom is 0.262 e. The van der Waals surface area contributed by atoms with Crippen LogP contribution in [0.15, 0.2) is 11.2 Å². The Hall–Kier alpha value is -0.920. The molecule has 0 radical (unpaired) electrons. The molecular weight excluding hydrogens is 290 g/mol. The fraction of sp³-hybridized carbons (Fsp3) is 0.786. The van der Waals surface area contributed by atoms with E-state index in [1.807, 2.05) is 0 Å². The van der Waals surface area contributed by atoms with Crippen LogP contribution in [0.25, 0.3) is 0 Å². The van der Waals surface area contributed by atoms with Gasteiger partial charge in [-0.25, -0.2) is 13.4 Å². The van der Waals surface area contributed by atoms with Crippen LogP contribution in [0.2, 0.25) is 0 Å². The average Bonchev–Trinajstić information content (AvgIpc) is 2.78. The summed E-state index contributed by atoms with van der Waals surface area (Å²) in [6.07, 6.45) is 5.91. The van der Waals surface area contributed by atoms with Crippen LogP contribution in [-0.4, -0.2) is 46.1 Å². The SMILES string of the molecule is Cc1nc(S(=O)(=O)N2CCC3(O)CCCCC3C2)cn1C. The Morgan fingerprint density at radius 3 is 2.81 bits per heavy atom. The summed E-state index contributed by atoms with van der Waals surface area (Å²) >= 11 is 0. The third-order valence-electron chi connectivity index (χ3n) is 5.08. The third kappa shape index (κ3) is 2.51. The van der Waals surface area contributed by atoms with Crippen molar-refractivity contribution in [3.8, 4) is 0 Å². The van der Waals surface area contributed by atoms with E-state index < -0.39 is 15.6 Å². The molecule has 1 aromatic rings. The monoisotopic (exact) mass is 313 g/mol. The van der Waals surface area contributed by atoms with Crippen LogP contribution in [0.3, 0.4) is 0 Å². The van der Waals surface area contributed by atoms with E-state index >= 15 is 0 Å². The molecule has 3 rings (SSSR count). The normalized spacial score (nSPS) is 31.1. The summed E-state index contributed by atoms with van der Waals surface area (Å²) in [6.45, 7) is 2.58. The first kappa shape index (κ1) is 15.0. The molecule has 1 saturated carbocycles. The van der Waals surface area contributed by atoms with Crippen molar-refractivity contribution >= 4 is 10.0 Å². The zero-order chi connectivity index (χ0) is 15.3. The molecule has 2 heterocycles. The number of rotatable bonds is 2. The Bertz CT molecular complexity index is 620. The lowest BCUT2D eigenvalue weighted by molar-refractivity contribution is -0.0817. The fourth-order valence-electron chi connectivity index (χ4n) is 3.54. The van der Waals surface area contributed by atoms with E-state index in [1.54, 1.807) is 24.7 Å². The van der Waals surface area contributed by atoms with Gasteiger partial charge in [-0.3, -0.25) is 0 Å². The first-order chi connectivity index (χ1) is 9.83. The summed E-state index contributed by atoms with van der Waals surface area (Å²) in [6, 6.07) is 0. The number of piperidine rings is 1. The highest BCUT2D eigenvalue weighted by molar-refractivity contribution is 7.89. The molecule has 2 atom stereocenters. The van der Waals surface area contributed by atoms with Gasteiger partial charge in [0.2, 0.25) is 0 Å². The van der Waals surface area contributed by atoms with Gasteiger partial charge in [-0.15, -0.1) is 0 Å². The van der Waals surface area contributed by atoms with Gasteiger partial charge in [-0.1, -0.05) is 12.8 Å². The molecule has 2 unspecified atom stereocenters. The third-order valence-corrected chi connectivity index (χ3v) is 6.82. The molecular formula is C14H23N3O3S. The zero-order valence-corrected chi connectivity index (χ0v) is 13.4. The maximum atomic E-state index is 12.7. The topological polar surface area (TPSA) is 75.4 Å². The standard InChI is InChI=1S/C14H23N3O3S/c1-11-15-13(10-16(11)2)21(19,20)17-8-7-14(18)6-4-3-5-12(14)9-17/h10,12,18H,3-9H2,1-2H3. The molecule has 0 amide bonds. The predicted molar refractivity (Wildman–Crippen MR) is 78.2 cm³/mol. The second kappa shape index (κ2) is 5.07. The molecule has 21 heavy (non-hydrogen) atoms. The van der Waals surface area contributed by atoms with E-state index in [4.69, 9.17) is 0 Å². The minimum absolute atomic E-state index is 0.0552. The minimum atomic E-state index is -3.55. The lowest BCUT2D eigenvalue weighted by Gasteiger charge is -2.46. The Balaban J connectivity index is 1.84. The van der Waals surface area contributed by atoms with Crippen LogP contribution < -0.4 is 0 Å². The van der Waals surface area contributed by atoms with Gasteiger partial charge in [0, 0.05) is 32.3 Å². The Labute approximate surface area is 125 Å². The molecule has 0 aromatic carbocycles. The average molecular weight is 313 g/mol. The van der Waals surface area contributed by atoms with Gasteiger partial charge in [0.15, 0.2) is 5.03 Å². The largest absolute Gasteiger partial charge is 0.390 e. The Morgan fingerprint density at radius 2 is 2.14 bits per heavy atom. The Morgan fingerprint density at radius 1 is 1.38 bits per heavy atom. The first-order valence-electron chi connectivity index (χ1n) is 7.55. The number of hydrogen-bond acceptors (Lipinski definition) is 4. The van der Waals surface area contributed by atoms with Crippen molar-refractivity contribution in [1.82, 2.24) is 13.9 Å². The van der Waals surface area contributed by atoms with Gasteiger partial charge in [0.05, 0.1) is 5.60 Å². The number of sulfonamides is 1. The van der Waals surface area contributed by atoms with E-state index in [0.29, 0.717) is 25.3 Å². The molecule has 118 valence electrons. The van der Waals surface area contributed by atoms with Gasteiger partial charge < -0.3 is 9.67 Å². The number of imidazole rings is 1. The van der Waals surface area contributed by atoms with Crippen molar-refractivity contribution in [2.75, 3.05) is 13.1 Å². The molecule has 1 N–H and O–H groups in total. The minimum Gasteiger partial charge on any atom is -0.390 e. The van der Waals surface area contributed by atoms with Crippen LogP contribution in [0.1, 0.15) is 37.9 Å². The highest BCUT2D eigenvalue weighted by Crippen LogP contribution is 2.40. The molecule has 1 aromatic heterocycles. The van der Waals surface area contributed by atoms with E-state index in [1.165, 1.54) is 4.31 Å². The number of aromatic nitrogens is 2. The highest BCUT2D eigenvalue weighted by Gasteiger charge is 2.45. The summed E-state index contributed by atoms with van der Waals surface area (Å²) in [5.41, 5.74) is -0.662. The van der Waals surface area contributed by atoms with E-state index in [0.717, 1.165) is 25.7 Å². The van der Waals surface area contributed by atoms with E-state index in [2.05, 4.69) is 4.98 Å².